The SMILES string of the molecule is CSC(C)(C)CN(C)C(=O)c1cn2c(nc3cc(CNCC4CCCO4)ccc32)s1.Cl.Cl. The van der Waals surface area contributed by atoms with Gasteiger partial charge < -0.3 is 15.0 Å². The number of nitrogens with zero attached hydrogens (tertiary/aromatic N) is 3. The van der Waals surface area contributed by atoms with E-state index >= 15 is 0 Å². The summed E-state index contributed by atoms with van der Waals surface area (Å²) in [6, 6.07) is 6.36. The molecule has 1 N–H and O–H groups in total. The third-order valence-corrected chi connectivity index (χ3v) is 7.83. The van der Waals surface area contributed by atoms with E-state index in [0.717, 1.165) is 47.0 Å². The number of nitrogens with one attached hydrogen (secondary N) is 1. The second-order valence-electron chi connectivity index (χ2n) is 8.57. The first-order valence-corrected chi connectivity index (χ1v) is 12.4. The van der Waals surface area contributed by atoms with Gasteiger partial charge in [-0.1, -0.05) is 17.4 Å². The molecular weight excluding hydrogens is 487 g/mol. The number of imidazole rings is 1. The normalized spacial score (nSPS) is 16.2. The van der Waals surface area contributed by atoms with Crippen molar-refractivity contribution < 1.29 is 9.53 Å². The van der Waals surface area contributed by atoms with Gasteiger partial charge in [0.25, 0.3) is 5.91 Å². The Labute approximate surface area is 210 Å². The molecule has 0 saturated carbocycles. The van der Waals surface area contributed by atoms with Crippen LogP contribution in [0.4, 0.5) is 0 Å². The third kappa shape index (κ3) is 6.10. The first kappa shape index (κ1) is 27.2. The van der Waals surface area contributed by atoms with E-state index in [-0.39, 0.29) is 35.5 Å². The van der Waals surface area contributed by atoms with Crippen LogP contribution in [0.15, 0.2) is 24.4 Å². The van der Waals surface area contributed by atoms with Gasteiger partial charge in [0.15, 0.2) is 4.96 Å². The van der Waals surface area contributed by atoms with E-state index in [1.54, 1.807) is 11.8 Å². The summed E-state index contributed by atoms with van der Waals surface area (Å²) in [7, 11) is 1.87. The summed E-state index contributed by atoms with van der Waals surface area (Å²) in [6.07, 6.45) is 6.67. The lowest BCUT2D eigenvalue weighted by Gasteiger charge is -2.28. The van der Waals surface area contributed by atoms with Crippen molar-refractivity contribution in [2.45, 2.75) is 44.1 Å². The molecule has 2 aromatic heterocycles. The number of amides is 1. The van der Waals surface area contributed by atoms with Crippen LogP contribution in [0.5, 0.6) is 0 Å². The van der Waals surface area contributed by atoms with Crippen molar-refractivity contribution in [3.63, 3.8) is 0 Å². The molecule has 32 heavy (non-hydrogen) atoms. The molecule has 0 radical (unpaired) electrons. The average molecular weight is 520 g/mol. The Kier molecular flexibility index (Phi) is 9.70. The Balaban J connectivity index is 0.00000181. The Morgan fingerprint density at radius 3 is 2.88 bits per heavy atom. The summed E-state index contributed by atoms with van der Waals surface area (Å²) >= 11 is 3.23. The number of hydrogen-bond donors (Lipinski definition) is 1. The number of carbonyl (C=O) groups excluding carboxylic acids is 1. The average Bonchev–Trinajstić information content (AvgIpc) is 3.43. The van der Waals surface area contributed by atoms with Crippen LogP contribution in [0.25, 0.3) is 16.0 Å². The fourth-order valence-electron chi connectivity index (χ4n) is 3.85. The number of aromatic nitrogens is 2. The highest BCUT2D eigenvalue weighted by atomic mass is 35.5. The Morgan fingerprint density at radius 1 is 1.41 bits per heavy atom. The summed E-state index contributed by atoms with van der Waals surface area (Å²) in [5.41, 5.74) is 3.21. The second kappa shape index (κ2) is 11.4. The van der Waals surface area contributed by atoms with Gasteiger partial charge in [0.2, 0.25) is 0 Å². The molecule has 1 saturated heterocycles. The molecule has 10 heteroatoms. The van der Waals surface area contributed by atoms with Gasteiger partial charge >= 0.3 is 0 Å². The molecule has 6 nitrogen and oxygen atoms in total. The highest BCUT2D eigenvalue weighted by molar-refractivity contribution is 7.99. The van der Waals surface area contributed by atoms with Gasteiger partial charge in [0, 0.05) is 44.2 Å². The van der Waals surface area contributed by atoms with Gasteiger partial charge in [-0.2, -0.15) is 11.8 Å². The van der Waals surface area contributed by atoms with E-state index in [0.29, 0.717) is 12.6 Å². The first-order chi connectivity index (χ1) is 14.4. The lowest BCUT2D eigenvalue weighted by Crippen LogP contribution is -2.37. The number of carbonyl (C=O) groups is 1. The van der Waals surface area contributed by atoms with E-state index < -0.39 is 0 Å². The van der Waals surface area contributed by atoms with Crippen LogP contribution in [0.3, 0.4) is 0 Å². The molecule has 1 atom stereocenters. The van der Waals surface area contributed by atoms with Crippen LogP contribution in [-0.4, -0.2) is 64.0 Å². The van der Waals surface area contributed by atoms with E-state index in [9.17, 15) is 4.79 Å². The number of ether oxygens (including phenoxy) is 1. The van der Waals surface area contributed by atoms with Crippen molar-refractivity contribution in [1.29, 1.82) is 0 Å². The summed E-state index contributed by atoms with van der Waals surface area (Å²) in [6.45, 7) is 7.60. The van der Waals surface area contributed by atoms with Gasteiger partial charge in [-0.25, -0.2) is 4.98 Å². The molecule has 4 rings (SSSR count). The molecule has 1 fully saturated rings. The maximum atomic E-state index is 12.9. The first-order valence-electron chi connectivity index (χ1n) is 10.4. The van der Waals surface area contributed by atoms with E-state index in [2.05, 4.69) is 43.6 Å². The zero-order chi connectivity index (χ0) is 21.3. The molecule has 1 unspecified atom stereocenters. The molecule has 178 valence electrons. The van der Waals surface area contributed by atoms with Gasteiger partial charge in [-0.15, -0.1) is 24.8 Å². The fraction of sp³-hybridized carbons (Fsp3) is 0.545. The molecule has 0 bridgehead atoms. The topological polar surface area (TPSA) is 58.9 Å². The van der Waals surface area contributed by atoms with Crippen molar-refractivity contribution in [1.82, 2.24) is 19.6 Å². The Morgan fingerprint density at radius 2 is 2.19 bits per heavy atom. The number of fused-ring (bicyclic) bond motifs is 3. The van der Waals surface area contributed by atoms with Gasteiger partial charge in [0.1, 0.15) is 4.88 Å². The molecule has 0 aliphatic carbocycles. The number of hydrogen-bond acceptors (Lipinski definition) is 6. The maximum absolute atomic E-state index is 12.9. The van der Waals surface area contributed by atoms with Crippen LogP contribution in [0.2, 0.25) is 0 Å². The monoisotopic (exact) mass is 518 g/mol. The van der Waals surface area contributed by atoms with Crippen LogP contribution < -0.4 is 5.32 Å². The molecule has 1 aliphatic rings. The summed E-state index contributed by atoms with van der Waals surface area (Å²) in [5.74, 6) is 0.0516. The maximum Gasteiger partial charge on any atom is 0.265 e. The summed E-state index contributed by atoms with van der Waals surface area (Å²) in [5, 5.41) is 3.49. The van der Waals surface area contributed by atoms with E-state index in [4.69, 9.17) is 9.72 Å². The van der Waals surface area contributed by atoms with Crippen molar-refractivity contribution in [2.75, 3.05) is 33.0 Å². The zero-order valence-corrected chi connectivity index (χ0v) is 22.2. The van der Waals surface area contributed by atoms with Gasteiger partial charge in [0.05, 0.1) is 17.1 Å². The van der Waals surface area contributed by atoms with Crippen LogP contribution >= 0.6 is 47.9 Å². The third-order valence-electron chi connectivity index (χ3n) is 5.62. The van der Waals surface area contributed by atoms with Gasteiger partial charge in [-0.05, 0) is 50.6 Å². The Hall–Kier alpha value is -1.03. The number of rotatable bonds is 8. The van der Waals surface area contributed by atoms with Crippen molar-refractivity contribution in [3.8, 4) is 0 Å². The molecule has 1 aromatic carbocycles. The van der Waals surface area contributed by atoms with Gasteiger partial charge in [-0.3, -0.25) is 9.20 Å². The molecule has 3 heterocycles. The number of benzene rings is 1. The summed E-state index contributed by atoms with van der Waals surface area (Å²) in [4.78, 5) is 21.0. The minimum Gasteiger partial charge on any atom is -0.377 e. The lowest BCUT2D eigenvalue weighted by atomic mass is 10.2. The highest BCUT2D eigenvalue weighted by Gasteiger charge is 2.24. The minimum atomic E-state index is 0. The lowest BCUT2D eigenvalue weighted by molar-refractivity contribution is 0.0790. The minimum absolute atomic E-state index is 0. The zero-order valence-electron chi connectivity index (χ0n) is 18.9. The van der Waals surface area contributed by atoms with E-state index in [1.165, 1.54) is 23.3 Å². The fourth-order valence-corrected chi connectivity index (χ4v) is 5.16. The van der Waals surface area contributed by atoms with Crippen LogP contribution in [0.1, 0.15) is 41.9 Å². The molecule has 1 amide bonds. The van der Waals surface area contributed by atoms with Crippen LogP contribution in [0, 0.1) is 0 Å². The number of thiazole rings is 1. The summed E-state index contributed by atoms with van der Waals surface area (Å²) < 4.78 is 7.72. The van der Waals surface area contributed by atoms with Crippen LogP contribution in [-0.2, 0) is 11.3 Å². The predicted molar refractivity (Wildman–Crippen MR) is 140 cm³/mol. The van der Waals surface area contributed by atoms with Crippen molar-refractivity contribution in [2.24, 2.45) is 0 Å². The molecule has 1 aliphatic heterocycles. The second-order valence-corrected chi connectivity index (χ2v) is 11.1. The molecule has 3 aromatic rings. The predicted octanol–water partition coefficient (Wildman–Crippen LogP) is 4.87. The number of thioether (sulfide) groups is 1. The standard InChI is InChI=1S/C22H30N4O2S2.2ClH/c1-22(2,29-4)14-25(3)20(27)19-13-26-18-8-7-15(10-17(18)24-21(26)30-19)11-23-12-16-6-5-9-28-16;;/h7-8,10,13,16,23H,5-6,9,11-12,14H2,1-4H3;2*1H. The van der Waals surface area contributed by atoms with E-state index in [1.807, 2.05) is 22.5 Å². The Bertz CT molecular complexity index is 1050. The highest BCUT2D eigenvalue weighted by Crippen LogP contribution is 2.27. The van der Waals surface area contributed by atoms with Crippen molar-refractivity contribution in [3.05, 3.63) is 34.8 Å². The quantitative estimate of drug-likeness (QED) is 0.460. The molecule has 0 spiro atoms. The van der Waals surface area contributed by atoms with Crippen molar-refractivity contribution >= 4 is 69.8 Å². The molecular formula is C22H32Cl2N4O2S2. The number of halogens is 2. The largest absolute Gasteiger partial charge is 0.377 e. The smallest absolute Gasteiger partial charge is 0.265 e.